The van der Waals surface area contributed by atoms with E-state index in [4.69, 9.17) is 14.5 Å². The Morgan fingerprint density at radius 3 is 2.55 bits per heavy atom. The third-order valence-electron chi connectivity index (χ3n) is 6.09. The van der Waals surface area contributed by atoms with E-state index in [1.165, 1.54) is 43.5 Å². The number of hydrogen-bond donors (Lipinski definition) is 2. The summed E-state index contributed by atoms with van der Waals surface area (Å²) in [5.41, 5.74) is 2.65. The van der Waals surface area contributed by atoms with Gasteiger partial charge in [-0.05, 0) is 69.2 Å². The first-order chi connectivity index (χ1) is 15.3. The monoisotopic (exact) mass is 430 g/mol. The van der Waals surface area contributed by atoms with E-state index in [1.807, 2.05) is 0 Å². The SMILES string of the molecule is CCNC(=NCc1ccc(CN2CCCCC2)cc1)NCCCOCC1CCOCC1. The topological polar surface area (TPSA) is 58.1 Å². The van der Waals surface area contributed by atoms with Crippen molar-refractivity contribution in [3.05, 3.63) is 35.4 Å². The van der Waals surface area contributed by atoms with Crippen molar-refractivity contribution < 1.29 is 9.47 Å². The fraction of sp³-hybridized carbons (Fsp3) is 0.720. The number of likely N-dealkylation sites (tertiary alicyclic amines) is 1. The van der Waals surface area contributed by atoms with Crippen molar-refractivity contribution in [2.75, 3.05) is 52.6 Å². The van der Waals surface area contributed by atoms with Crippen LogP contribution >= 0.6 is 0 Å². The number of ether oxygens (including phenoxy) is 2. The minimum absolute atomic E-state index is 0.673. The highest BCUT2D eigenvalue weighted by molar-refractivity contribution is 5.79. The Morgan fingerprint density at radius 1 is 1.06 bits per heavy atom. The zero-order valence-electron chi connectivity index (χ0n) is 19.4. The Labute approximate surface area is 188 Å². The molecule has 2 aliphatic rings. The molecule has 0 saturated carbocycles. The Morgan fingerprint density at radius 2 is 1.81 bits per heavy atom. The first kappa shape index (κ1) is 24.0. The van der Waals surface area contributed by atoms with E-state index < -0.39 is 0 Å². The third kappa shape index (κ3) is 9.58. The van der Waals surface area contributed by atoms with Crippen molar-refractivity contribution >= 4 is 5.96 Å². The van der Waals surface area contributed by atoms with Gasteiger partial charge in [-0.2, -0.15) is 0 Å². The zero-order valence-corrected chi connectivity index (χ0v) is 19.4. The van der Waals surface area contributed by atoms with E-state index in [0.29, 0.717) is 12.5 Å². The molecule has 6 nitrogen and oxygen atoms in total. The van der Waals surface area contributed by atoms with Crippen LogP contribution in [0.1, 0.15) is 56.6 Å². The van der Waals surface area contributed by atoms with Gasteiger partial charge in [0.2, 0.25) is 0 Å². The lowest BCUT2D eigenvalue weighted by Gasteiger charge is -2.26. The van der Waals surface area contributed by atoms with Crippen LogP contribution in [0.4, 0.5) is 0 Å². The van der Waals surface area contributed by atoms with Crippen molar-refractivity contribution in [1.29, 1.82) is 0 Å². The summed E-state index contributed by atoms with van der Waals surface area (Å²) >= 11 is 0. The molecule has 2 saturated heterocycles. The van der Waals surface area contributed by atoms with Gasteiger partial charge in [-0.25, -0.2) is 4.99 Å². The standard InChI is InChI=1S/C25H42N4O2/c1-2-26-25(27-13-6-16-31-21-24-11-17-30-18-12-24)28-19-22-7-9-23(10-8-22)20-29-14-4-3-5-15-29/h7-10,24H,2-6,11-21H2,1H3,(H2,26,27,28). The van der Waals surface area contributed by atoms with Crippen LogP contribution in [-0.4, -0.2) is 63.5 Å². The largest absolute Gasteiger partial charge is 0.381 e. The van der Waals surface area contributed by atoms with Gasteiger partial charge < -0.3 is 20.1 Å². The summed E-state index contributed by atoms with van der Waals surface area (Å²) in [7, 11) is 0. The highest BCUT2D eigenvalue weighted by atomic mass is 16.5. The minimum atomic E-state index is 0.673. The van der Waals surface area contributed by atoms with Crippen LogP contribution in [0, 0.1) is 5.92 Å². The van der Waals surface area contributed by atoms with Gasteiger partial charge in [0.15, 0.2) is 5.96 Å². The van der Waals surface area contributed by atoms with E-state index in [9.17, 15) is 0 Å². The van der Waals surface area contributed by atoms with E-state index in [-0.39, 0.29) is 0 Å². The molecule has 2 fully saturated rings. The van der Waals surface area contributed by atoms with Gasteiger partial charge in [0.05, 0.1) is 6.54 Å². The predicted molar refractivity (Wildman–Crippen MR) is 127 cm³/mol. The van der Waals surface area contributed by atoms with E-state index in [2.05, 4.69) is 46.7 Å². The number of piperidine rings is 1. The molecular weight excluding hydrogens is 388 g/mol. The molecule has 0 amide bonds. The van der Waals surface area contributed by atoms with Gasteiger partial charge in [-0.1, -0.05) is 30.7 Å². The Kier molecular flexibility index (Phi) is 11.2. The lowest BCUT2D eigenvalue weighted by atomic mass is 10.0. The minimum Gasteiger partial charge on any atom is -0.381 e. The van der Waals surface area contributed by atoms with Gasteiger partial charge in [0.25, 0.3) is 0 Å². The molecule has 31 heavy (non-hydrogen) atoms. The van der Waals surface area contributed by atoms with Gasteiger partial charge >= 0.3 is 0 Å². The molecule has 3 rings (SSSR count). The van der Waals surface area contributed by atoms with Gasteiger partial charge in [-0.3, -0.25) is 4.90 Å². The lowest BCUT2D eigenvalue weighted by Crippen LogP contribution is -2.38. The van der Waals surface area contributed by atoms with Crippen molar-refractivity contribution in [2.24, 2.45) is 10.9 Å². The molecule has 0 atom stereocenters. The molecule has 1 aromatic rings. The molecule has 0 aromatic heterocycles. The normalized spacial score (nSPS) is 18.8. The number of benzene rings is 1. The number of guanidine groups is 1. The second-order valence-electron chi connectivity index (χ2n) is 8.76. The van der Waals surface area contributed by atoms with Crippen LogP contribution in [0.2, 0.25) is 0 Å². The zero-order chi connectivity index (χ0) is 21.6. The molecular formula is C25H42N4O2. The maximum absolute atomic E-state index is 5.85. The number of rotatable bonds is 11. The number of aliphatic imine (C=N–C) groups is 1. The first-order valence-electron chi connectivity index (χ1n) is 12.3. The van der Waals surface area contributed by atoms with E-state index in [1.54, 1.807) is 0 Å². The number of nitrogens with zero attached hydrogens (tertiary/aromatic N) is 2. The Balaban J connectivity index is 1.33. The third-order valence-corrected chi connectivity index (χ3v) is 6.09. The van der Waals surface area contributed by atoms with Gasteiger partial charge in [-0.15, -0.1) is 0 Å². The molecule has 0 bridgehead atoms. The highest BCUT2D eigenvalue weighted by Crippen LogP contribution is 2.15. The van der Waals surface area contributed by atoms with Crippen LogP contribution in [0.25, 0.3) is 0 Å². The molecule has 2 heterocycles. The van der Waals surface area contributed by atoms with Crippen LogP contribution in [0.15, 0.2) is 29.3 Å². The highest BCUT2D eigenvalue weighted by Gasteiger charge is 2.13. The molecule has 2 N–H and O–H groups in total. The Hall–Kier alpha value is -1.63. The maximum Gasteiger partial charge on any atom is 0.191 e. The lowest BCUT2D eigenvalue weighted by molar-refractivity contribution is 0.0203. The van der Waals surface area contributed by atoms with Gasteiger partial charge in [0, 0.05) is 46.1 Å². The fourth-order valence-corrected chi connectivity index (χ4v) is 4.18. The average molecular weight is 431 g/mol. The summed E-state index contributed by atoms with van der Waals surface area (Å²) in [6, 6.07) is 8.96. The summed E-state index contributed by atoms with van der Waals surface area (Å²) in [6.45, 7) is 11.5. The summed E-state index contributed by atoms with van der Waals surface area (Å²) in [4.78, 5) is 7.32. The Bertz CT molecular complexity index is 623. The van der Waals surface area contributed by atoms with Crippen molar-refractivity contribution in [1.82, 2.24) is 15.5 Å². The second kappa shape index (κ2) is 14.4. The smallest absolute Gasteiger partial charge is 0.191 e. The summed E-state index contributed by atoms with van der Waals surface area (Å²) in [5.74, 6) is 1.55. The quantitative estimate of drug-likeness (QED) is 0.319. The molecule has 0 spiro atoms. The average Bonchev–Trinajstić information content (AvgIpc) is 2.82. The van der Waals surface area contributed by atoms with Crippen LogP contribution in [-0.2, 0) is 22.6 Å². The molecule has 174 valence electrons. The summed E-state index contributed by atoms with van der Waals surface area (Å²) in [6.07, 6.45) is 7.32. The van der Waals surface area contributed by atoms with Crippen LogP contribution in [0.3, 0.4) is 0 Å². The van der Waals surface area contributed by atoms with E-state index in [0.717, 1.165) is 71.3 Å². The van der Waals surface area contributed by atoms with Crippen molar-refractivity contribution in [3.8, 4) is 0 Å². The first-order valence-corrected chi connectivity index (χ1v) is 12.3. The van der Waals surface area contributed by atoms with Gasteiger partial charge in [0.1, 0.15) is 0 Å². The maximum atomic E-state index is 5.85. The van der Waals surface area contributed by atoms with E-state index >= 15 is 0 Å². The second-order valence-corrected chi connectivity index (χ2v) is 8.76. The molecule has 1 aromatic carbocycles. The fourth-order valence-electron chi connectivity index (χ4n) is 4.18. The summed E-state index contributed by atoms with van der Waals surface area (Å²) < 4.78 is 11.2. The number of nitrogens with one attached hydrogen (secondary N) is 2. The predicted octanol–water partition coefficient (Wildman–Crippen LogP) is 3.56. The molecule has 0 unspecified atom stereocenters. The molecule has 6 heteroatoms. The molecule has 0 aliphatic carbocycles. The molecule has 2 aliphatic heterocycles. The molecule has 0 radical (unpaired) electrons. The number of hydrogen-bond acceptors (Lipinski definition) is 4. The van der Waals surface area contributed by atoms with Crippen molar-refractivity contribution in [2.45, 2.75) is 58.5 Å². The van der Waals surface area contributed by atoms with Crippen molar-refractivity contribution in [3.63, 3.8) is 0 Å². The van der Waals surface area contributed by atoms with Crippen LogP contribution < -0.4 is 10.6 Å². The van der Waals surface area contributed by atoms with Crippen LogP contribution in [0.5, 0.6) is 0 Å². The summed E-state index contributed by atoms with van der Waals surface area (Å²) in [5, 5.41) is 6.77.